The number of benzene rings is 1. The predicted molar refractivity (Wildman–Crippen MR) is 72.8 cm³/mol. The standard InChI is InChI=1S/C14H17N3O2/c1-9-6-7-12(10(9)2)16-13-5-3-4-11(8-15)14(13)17(18)19/h3-5,9-10,12,16H,6-7H2,1-2H3. The fourth-order valence-corrected chi connectivity index (χ4v) is 2.72. The van der Waals surface area contributed by atoms with Crippen molar-refractivity contribution >= 4 is 11.4 Å². The van der Waals surface area contributed by atoms with Crippen molar-refractivity contribution in [3.05, 3.63) is 33.9 Å². The van der Waals surface area contributed by atoms with Gasteiger partial charge in [0, 0.05) is 6.04 Å². The first kappa shape index (κ1) is 13.3. The third kappa shape index (κ3) is 2.53. The fraction of sp³-hybridized carbons (Fsp3) is 0.500. The van der Waals surface area contributed by atoms with E-state index in [1.165, 1.54) is 6.07 Å². The summed E-state index contributed by atoms with van der Waals surface area (Å²) in [7, 11) is 0. The smallest absolute Gasteiger partial charge is 0.309 e. The van der Waals surface area contributed by atoms with E-state index in [4.69, 9.17) is 5.26 Å². The summed E-state index contributed by atoms with van der Waals surface area (Å²) in [6.07, 6.45) is 2.14. The van der Waals surface area contributed by atoms with Crippen molar-refractivity contribution in [2.45, 2.75) is 32.7 Å². The van der Waals surface area contributed by atoms with E-state index in [-0.39, 0.29) is 17.3 Å². The van der Waals surface area contributed by atoms with Crippen molar-refractivity contribution in [1.29, 1.82) is 5.26 Å². The van der Waals surface area contributed by atoms with Gasteiger partial charge in [0.25, 0.3) is 0 Å². The van der Waals surface area contributed by atoms with Gasteiger partial charge in [-0.25, -0.2) is 0 Å². The Labute approximate surface area is 112 Å². The normalized spacial score (nSPS) is 25.8. The zero-order valence-electron chi connectivity index (χ0n) is 11.1. The second-order valence-electron chi connectivity index (χ2n) is 5.24. The summed E-state index contributed by atoms with van der Waals surface area (Å²) in [6.45, 7) is 4.36. The maximum Gasteiger partial charge on any atom is 0.309 e. The van der Waals surface area contributed by atoms with E-state index in [2.05, 4.69) is 19.2 Å². The molecule has 2 rings (SSSR count). The largest absolute Gasteiger partial charge is 0.376 e. The number of hydrogen-bond donors (Lipinski definition) is 1. The number of nitro groups is 1. The van der Waals surface area contributed by atoms with E-state index in [0.717, 1.165) is 12.8 Å². The molecule has 1 aromatic rings. The van der Waals surface area contributed by atoms with Crippen molar-refractivity contribution < 1.29 is 4.92 Å². The van der Waals surface area contributed by atoms with Crippen LogP contribution in [-0.4, -0.2) is 11.0 Å². The predicted octanol–water partition coefficient (Wildman–Crippen LogP) is 3.31. The first-order chi connectivity index (χ1) is 9.04. The minimum Gasteiger partial charge on any atom is -0.376 e. The molecule has 1 saturated carbocycles. The SMILES string of the molecule is CC1CCC(Nc2cccc(C#N)c2[N+](=O)[O-])C1C. The van der Waals surface area contributed by atoms with Gasteiger partial charge in [-0.15, -0.1) is 0 Å². The lowest BCUT2D eigenvalue weighted by Gasteiger charge is -2.20. The molecule has 3 atom stereocenters. The van der Waals surface area contributed by atoms with E-state index in [1.807, 2.05) is 6.07 Å². The Morgan fingerprint density at radius 1 is 1.42 bits per heavy atom. The van der Waals surface area contributed by atoms with Crippen LogP contribution in [0.25, 0.3) is 0 Å². The average molecular weight is 259 g/mol. The van der Waals surface area contributed by atoms with Crippen LogP contribution in [0.1, 0.15) is 32.3 Å². The van der Waals surface area contributed by atoms with Gasteiger partial charge in [0.1, 0.15) is 17.3 Å². The zero-order chi connectivity index (χ0) is 14.0. The Balaban J connectivity index is 2.31. The summed E-state index contributed by atoms with van der Waals surface area (Å²) in [4.78, 5) is 10.7. The summed E-state index contributed by atoms with van der Waals surface area (Å²) in [5, 5.41) is 23.4. The van der Waals surface area contributed by atoms with Gasteiger partial charge < -0.3 is 5.32 Å². The van der Waals surface area contributed by atoms with E-state index >= 15 is 0 Å². The molecule has 0 radical (unpaired) electrons. The number of nitrogens with one attached hydrogen (secondary N) is 1. The van der Waals surface area contributed by atoms with E-state index in [1.54, 1.807) is 12.1 Å². The Hall–Kier alpha value is -2.09. The van der Waals surface area contributed by atoms with Gasteiger partial charge >= 0.3 is 5.69 Å². The Morgan fingerprint density at radius 3 is 2.68 bits per heavy atom. The van der Waals surface area contributed by atoms with E-state index in [0.29, 0.717) is 17.5 Å². The molecule has 0 aromatic heterocycles. The number of nitrogens with zero attached hydrogens (tertiary/aromatic N) is 2. The highest BCUT2D eigenvalue weighted by molar-refractivity contribution is 5.68. The highest BCUT2D eigenvalue weighted by Crippen LogP contribution is 2.36. The molecule has 0 spiro atoms. The van der Waals surface area contributed by atoms with Crippen LogP contribution in [0.15, 0.2) is 18.2 Å². The lowest BCUT2D eigenvalue weighted by molar-refractivity contribution is -0.384. The van der Waals surface area contributed by atoms with Gasteiger partial charge in [0.2, 0.25) is 0 Å². The topological polar surface area (TPSA) is 79.0 Å². The van der Waals surface area contributed by atoms with E-state index in [9.17, 15) is 10.1 Å². The summed E-state index contributed by atoms with van der Waals surface area (Å²) >= 11 is 0. The van der Waals surface area contributed by atoms with Crippen LogP contribution in [-0.2, 0) is 0 Å². The fourth-order valence-electron chi connectivity index (χ4n) is 2.72. The maximum atomic E-state index is 11.1. The molecule has 1 fully saturated rings. The van der Waals surface area contributed by atoms with Crippen LogP contribution in [0, 0.1) is 33.3 Å². The average Bonchev–Trinajstić information content (AvgIpc) is 2.70. The molecule has 3 unspecified atom stereocenters. The van der Waals surface area contributed by atoms with Crippen molar-refractivity contribution in [2.75, 3.05) is 5.32 Å². The van der Waals surface area contributed by atoms with Crippen molar-refractivity contribution in [2.24, 2.45) is 11.8 Å². The zero-order valence-corrected chi connectivity index (χ0v) is 11.1. The third-order valence-corrected chi connectivity index (χ3v) is 4.15. The first-order valence-electron chi connectivity index (χ1n) is 6.48. The minimum atomic E-state index is -0.482. The molecule has 0 heterocycles. The number of hydrogen-bond acceptors (Lipinski definition) is 4. The number of nitriles is 1. The molecular formula is C14H17N3O2. The second-order valence-corrected chi connectivity index (χ2v) is 5.24. The number of anilines is 1. The highest BCUT2D eigenvalue weighted by Gasteiger charge is 2.31. The molecule has 0 aliphatic heterocycles. The summed E-state index contributed by atoms with van der Waals surface area (Å²) in [6, 6.07) is 6.95. The molecule has 1 aliphatic carbocycles. The summed E-state index contributed by atoms with van der Waals surface area (Å²) in [5.41, 5.74) is 0.445. The molecule has 100 valence electrons. The van der Waals surface area contributed by atoms with Crippen LogP contribution in [0.3, 0.4) is 0 Å². The van der Waals surface area contributed by atoms with Gasteiger partial charge in [-0.1, -0.05) is 19.9 Å². The van der Waals surface area contributed by atoms with Crippen LogP contribution in [0.2, 0.25) is 0 Å². The minimum absolute atomic E-state index is 0.105. The molecule has 0 amide bonds. The molecule has 1 aliphatic rings. The molecule has 5 heteroatoms. The maximum absolute atomic E-state index is 11.1. The molecule has 1 aromatic carbocycles. The van der Waals surface area contributed by atoms with Gasteiger partial charge in [0.15, 0.2) is 0 Å². The Morgan fingerprint density at radius 2 is 2.16 bits per heavy atom. The molecule has 1 N–H and O–H groups in total. The summed E-state index contributed by atoms with van der Waals surface area (Å²) in [5.74, 6) is 1.10. The number of nitro benzene ring substituents is 1. The van der Waals surface area contributed by atoms with Crippen LogP contribution in [0.5, 0.6) is 0 Å². The lowest BCUT2D eigenvalue weighted by atomic mass is 9.97. The van der Waals surface area contributed by atoms with Crippen molar-refractivity contribution in [3.8, 4) is 6.07 Å². The first-order valence-corrected chi connectivity index (χ1v) is 6.48. The van der Waals surface area contributed by atoms with Gasteiger partial charge in [-0.05, 0) is 36.8 Å². The lowest BCUT2D eigenvalue weighted by Crippen LogP contribution is -2.24. The van der Waals surface area contributed by atoms with Gasteiger partial charge in [0.05, 0.1) is 4.92 Å². The second kappa shape index (κ2) is 5.27. The third-order valence-electron chi connectivity index (χ3n) is 4.15. The van der Waals surface area contributed by atoms with Gasteiger partial charge in [-0.3, -0.25) is 10.1 Å². The van der Waals surface area contributed by atoms with Crippen LogP contribution in [0.4, 0.5) is 11.4 Å². The van der Waals surface area contributed by atoms with Crippen LogP contribution < -0.4 is 5.32 Å². The monoisotopic (exact) mass is 259 g/mol. The molecule has 19 heavy (non-hydrogen) atoms. The van der Waals surface area contributed by atoms with Crippen LogP contribution >= 0.6 is 0 Å². The highest BCUT2D eigenvalue weighted by atomic mass is 16.6. The quantitative estimate of drug-likeness (QED) is 0.667. The number of rotatable bonds is 3. The van der Waals surface area contributed by atoms with Crippen molar-refractivity contribution in [3.63, 3.8) is 0 Å². The van der Waals surface area contributed by atoms with Crippen molar-refractivity contribution in [1.82, 2.24) is 0 Å². The Kier molecular flexibility index (Phi) is 3.70. The van der Waals surface area contributed by atoms with E-state index < -0.39 is 4.92 Å². The summed E-state index contributed by atoms with van der Waals surface area (Å²) < 4.78 is 0. The molecule has 0 saturated heterocycles. The van der Waals surface area contributed by atoms with Gasteiger partial charge in [-0.2, -0.15) is 5.26 Å². The molecule has 5 nitrogen and oxygen atoms in total. The Bertz CT molecular complexity index is 536. The molecule has 0 bridgehead atoms. The molecular weight excluding hydrogens is 242 g/mol. The number of para-hydroxylation sites is 1.